The summed E-state index contributed by atoms with van der Waals surface area (Å²) in [5, 5.41) is 5.04. The summed E-state index contributed by atoms with van der Waals surface area (Å²) in [7, 11) is 6.57. The minimum absolute atomic E-state index is 0.135. The van der Waals surface area contributed by atoms with Crippen LogP contribution in [-0.4, -0.2) is 63.1 Å². The van der Waals surface area contributed by atoms with Crippen molar-refractivity contribution < 1.29 is 9.59 Å². The number of carbonyl (C=O) groups is 2. The Balaban J connectivity index is 3.86. The van der Waals surface area contributed by atoms with Crippen LogP contribution in [0, 0.1) is 0 Å². The molecule has 92 valence electrons. The number of likely N-dealkylation sites (N-methyl/N-ethyl adjacent to an activating group) is 2. The van der Waals surface area contributed by atoms with Crippen LogP contribution in [0.2, 0.25) is 0 Å². The van der Waals surface area contributed by atoms with E-state index < -0.39 is 0 Å². The molecule has 0 unspecified atom stereocenters. The van der Waals surface area contributed by atoms with Gasteiger partial charge in [0.05, 0.1) is 0 Å². The molecule has 0 spiro atoms. The maximum absolute atomic E-state index is 11.1. The summed E-state index contributed by atoms with van der Waals surface area (Å²) >= 11 is 0. The molecule has 0 rings (SSSR count). The highest BCUT2D eigenvalue weighted by molar-refractivity contribution is 5.74. The van der Waals surface area contributed by atoms with Gasteiger partial charge in [0.2, 0.25) is 0 Å². The van der Waals surface area contributed by atoms with Crippen molar-refractivity contribution in [3.63, 3.8) is 0 Å². The Hall–Kier alpha value is -1.72. The van der Waals surface area contributed by atoms with E-state index in [1.54, 1.807) is 28.2 Å². The number of nitrogens with one attached hydrogen (secondary N) is 2. The molecule has 2 N–H and O–H groups in total. The molecule has 0 bridgehead atoms. The molecular weight excluding hydrogens is 208 g/mol. The molecule has 0 aliphatic heterocycles. The third-order valence-electron chi connectivity index (χ3n) is 2.05. The minimum Gasteiger partial charge on any atom is -0.341 e. The summed E-state index contributed by atoms with van der Waals surface area (Å²) in [6.45, 7) is 1.03. The van der Waals surface area contributed by atoms with E-state index >= 15 is 0 Å². The first-order valence-electron chi connectivity index (χ1n) is 5.03. The van der Waals surface area contributed by atoms with E-state index in [1.807, 2.05) is 12.2 Å². The van der Waals surface area contributed by atoms with Crippen molar-refractivity contribution >= 4 is 12.1 Å². The highest BCUT2D eigenvalue weighted by Crippen LogP contribution is 1.88. The topological polar surface area (TPSA) is 64.7 Å². The van der Waals surface area contributed by atoms with E-state index in [2.05, 4.69) is 10.6 Å². The quantitative estimate of drug-likeness (QED) is 0.670. The van der Waals surface area contributed by atoms with E-state index in [0.29, 0.717) is 13.1 Å². The number of rotatable bonds is 4. The van der Waals surface area contributed by atoms with Crippen LogP contribution in [-0.2, 0) is 0 Å². The lowest BCUT2D eigenvalue weighted by Gasteiger charge is -2.15. The molecule has 0 aromatic heterocycles. The van der Waals surface area contributed by atoms with Gasteiger partial charge in [0.25, 0.3) is 0 Å². The molecule has 6 heteroatoms. The van der Waals surface area contributed by atoms with Crippen molar-refractivity contribution in [2.75, 3.05) is 41.3 Å². The number of amides is 4. The monoisotopic (exact) mass is 228 g/mol. The third kappa shape index (κ3) is 5.23. The Labute approximate surface area is 96.3 Å². The van der Waals surface area contributed by atoms with Gasteiger partial charge in [0.15, 0.2) is 0 Å². The molecule has 0 aromatic rings. The SMILES string of the molecule is CNC(=O)N(C)C/C=C/CN(C)C(=O)NC. The van der Waals surface area contributed by atoms with Gasteiger partial charge in [-0.2, -0.15) is 0 Å². The molecule has 0 atom stereocenters. The second-order valence-electron chi connectivity index (χ2n) is 3.34. The Morgan fingerprint density at radius 3 is 1.50 bits per heavy atom. The van der Waals surface area contributed by atoms with Crippen molar-refractivity contribution in [1.82, 2.24) is 20.4 Å². The van der Waals surface area contributed by atoms with Crippen LogP contribution in [0.5, 0.6) is 0 Å². The molecule has 4 amide bonds. The van der Waals surface area contributed by atoms with Gasteiger partial charge in [-0.15, -0.1) is 0 Å². The highest BCUT2D eigenvalue weighted by atomic mass is 16.2. The lowest BCUT2D eigenvalue weighted by molar-refractivity contribution is 0.213. The first kappa shape index (κ1) is 14.3. The van der Waals surface area contributed by atoms with Crippen LogP contribution < -0.4 is 10.6 Å². The lowest BCUT2D eigenvalue weighted by Crippen LogP contribution is -2.36. The zero-order valence-electron chi connectivity index (χ0n) is 10.3. The van der Waals surface area contributed by atoms with Crippen LogP contribution in [0.4, 0.5) is 9.59 Å². The lowest BCUT2D eigenvalue weighted by atomic mass is 10.4. The second-order valence-corrected chi connectivity index (χ2v) is 3.34. The largest absolute Gasteiger partial charge is 0.341 e. The fraction of sp³-hybridized carbons (Fsp3) is 0.600. The number of urea groups is 2. The average molecular weight is 228 g/mol. The van der Waals surface area contributed by atoms with Crippen LogP contribution >= 0.6 is 0 Å². The predicted octanol–water partition coefficient (Wildman–Crippen LogP) is 0.0850. The average Bonchev–Trinajstić information content (AvgIpc) is 2.31. The van der Waals surface area contributed by atoms with E-state index in [9.17, 15) is 9.59 Å². The molecule has 0 radical (unpaired) electrons. The van der Waals surface area contributed by atoms with Crippen LogP contribution in [0.1, 0.15) is 0 Å². The molecule has 0 fully saturated rings. The van der Waals surface area contributed by atoms with Crippen molar-refractivity contribution in [2.45, 2.75) is 0 Å². The molecule has 0 aliphatic rings. The van der Waals surface area contributed by atoms with E-state index in [0.717, 1.165) is 0 Å². The summed E-state index contributed by atoms with van der Waals surface area (Å²) in [6.07, 6.45) is 3.68. The van der Waals surface area contributed by atoms with E-state index in [-0.39, 0.29) is 12.1 Å². The van der Waals surface area contributed by atoms with Gasteiger partial charge in [0, 0.05) is 41.3 Å². The molecule has 0 heterocycles. The highest BCUT2D eigenvalue weighted by Gasteiger charge is 2.03. The Morgan fingerprint density at radius 1 is 0.938 bits per heavy atom. The summed E-state index contributed by atoms with van der Waals surface area (Å²) in [5.74, 6) is 0. The van der Waals surface area contributed by atoms with Gasteiger partial charge >= 0.3 is 12.1 Å². The van der Waals surface area contributed by atoms with Gasteiger partial charge in [-0.05, 0) is 0 Å². The molecule has 0 aliphatic carbocycles. The fourth-order valence-electron chi connectivity index (χ4n) is 1.01. The molecule has 6 nitrogen and oxygen atoms in total. The Morgan fingerprint density at radius 2 is 1.25 bits per heavy atom. The molecule has 0 saturated heterocycles. The van der Waals surface area contributed by atoms with Gasteiger partial charge < -0.3 is 20.4 Å². The second kappa shape index (κ2) is 7.56. The number of hydrogen-bond donors (Lipinski definition) is 2. The Kier molecular flexibility index (Phi) is 6.74. The zero-order chi connectivity index (χ0) is 12.6. The maximum Gasteiger partial charge on any atom is 0.317 e. The van der Waals surface area contributed by atoms with Crippen molar-refractivity contribution in [3.8, 4) is 0 Å². The standard InChI is InChI=1S/C10H20N4O2/c1-11-9(15)13(3)7-5-6-8-14(4)10(16)12-2/h5-6H,7-8H2,1-4H3,(H,11,15)(H,12,16)/b6-5+. The first-order chi connectivity index (χ1) is 7.52. The normalized spacial score (nSPS) is 10.0. The predicted molar refractivity (Wildman–Crippen MR) is 63.3 cm³/mol. The van der Waals surface area contributed by atoms with Gasteiger partial charge in [-0.3, -0.25) is 0 Å². The van der Waals surface area contributed by atoms with Gasteiger partial charge in [-0.1, -0.05) is 12.2 Å². The number of hydrogen-bond acceptors (Lipinski definition) is 2. The fourth-order valence-corrected chi connectivity index (χ4v) is 1.01. The maximum atomic E-state index is 11.1. The summed E-state index contributed by atoms with van der Waals surface area (Å²) in [5.41, 5.74) is 0. The number of carbonyl (C=O) groups excluding carboxylic acids is 2. The Bertz CT molecular complexity index is 240. The van der Waals surface area contributed by atoms with Crippen molar-refractivity contribution in [1.29, 1.82) is 0 Å². The number of nitrogens with zero attached hydrogens (tertiary/aromatic N) is 2. The smallest absolute Gasteiger partial charge is 0.317 e. The minimum atomic E-state index is -0.135. The van der Waals surface area contributed by atoms with E-state index in [4.69, 9.17) is 0 Å². The third-order valence-corrected chi connectivity index (χ3v) is 2.05. The van der Waals surface area contributed by atoms with E-state index in [1.165, 1.54) is 9.80 Å². The van der Waals surface area contributed by atoms with Crippen molar-refractivity contribution in [3.05, 3.63) is 12.2 Å². The van der Waals surface area contributed by atoms with Gasteiger partial charge in [-0.25, -0.2) is 9.59 Å². The zero-order valence-corrected chi connectivity index (χ0v) is 10.3. The van der Waals surface area contributed by atoms with Crippen molar-refractivity contribution in [2.24, 2.45) is 0 Å². The first-order valence-corrected chi connectivity index (χ1v) is 5.03. The molecule has 0 saturated carbocycles. The van der Waals surface area contributed by atoms with Crippen LogP contribution in [0.15, 0.2) is 12.2 Å². The van der Waals surface area contributed by atoms with Gasteiger partial charge in [0.1, 0.15) is 0 Å². The summed E-state index contributed by atoms with van der Waals surface area (Å²) in [6, 6.07) is -0.270. The summed E-state index contributed by atoms with van der Waals surface area (Å²) < 4.78 is 0. The van der Waals surface area contributed by atoms with Crippen LogP contribution in [0.3, 0.4) is 0 Å². The molecule has 0 aromatic carbocycles. The molecular formula is C10H20N4O2. The molecule has 16 heavy (non-hydrogen) atoms. The summed E-state index contributed by atoms with van der Waals surface area (Å²) in [4.78, 5) is 25.3. The van der Waals surface area contributed by atoms with Crippen LogP contribution in [0.25, 0.3) is 0 Å².